The number of phosphoric ester groups is 1. The number of nitrogens with zero attached hydrogens (tertiary/aromatic N) is 1. The number of unbranched alkanes of at least 4 members (excludes halogenated alkanes) is 28. The average molecular weight is 1270 g/mol. The van der Waals surface area contributed by atoms with Gasteiger partial charge in [-0.3, -0.25) is 18.6 Å². The minimum atomic E-state index is -4.41. The molecule has 2 atom stereocenters. The van der Waals surface area contributed by atoms with Crippen molar-refractivity contribution in [1.29, 1.82) is 0 Å². The second-order valence-corrected chi connectivity index (χ2v) is 26.7. The van der Waals surface area contributed by atoms with Crippen molar-refractivity contribution in [2.75, 3.05) is 47.5 Å². The minimum absolute atomic E-state index is 0.0171. The van der Waals surface area contributed by atoms with Crippen molar-refractivity contribution in [2.24, 2.45) is 0 Å². The maximum Gasteiger partial charge on any atom is 0.472 e. The second kappa shape index (κ2) is 69.2. The summed E-state index contributed by atoms with van der Waals surface area (Å²) in [4.78, 5) is 35.9. The summed E-state index contributed by atoms with van der Waals surface area (Å²) in [5.41, 5.74) is 0. The van der Waals surface area contributed by atoms with Gasteiger partial charge in [0.25, 0.3) is 0 Å². The van der Waals surface area contributed by atoms with Crippen LogP contribution in [0.3, 0.4) is 0 Å². The first-order valence-electron chi connectivity index (χ1n) is 36.6. The molecule has 514 valence electrons. The van der Waals surface area contributed by atoms with E-state index in [1.165, 1.54) is 154 Å². The lowest BCUT2D eigenvalue weighted by molar-refractivity contribution is -0.870. The Bertz CT molecular complexity index is 2030. The number of phosphoric acid groups is 1. The lowest BCUT2D eigenvalue weighted by Crippen LogP contribution is -2.37. The predicted octanol–water partition coefficient (Wildman–Crippen LogP) is 24.2. The number of likely N-dealkylation sites (N-methyl/N-ethyl adjacent to an activating group) is 1. The number of allylic oxidation sites excluding steroid dienone is 24. The fourth-order valence-electron chi connectivity index (χ4n) is 9.82. The molecule has 2 unspecified atom stereocenters. The van der Waals surface area contributed by atoms with Gasteiger partial charge in [0.2, 0.25) is 0 Å². The van der Waals surface area contributed by atoms with E-state index in [0.717, 1.165) is 109 Å². The molecule has 0 aromatic heterocycles. The molecule has 0 aliphatic carbocycles. The second-order valence-electron chi connectivity index (χ2n) is 25.3. The van der Waals surface area contributed by atoms with E-state index < -0.39 is 26.5 Å². The zero-order chi connectivity index (χ0) is 65.5. The van der Waals surface area contributed by atoms with Crippen LogP contribution in [0.4, 0.5) is 0 Å². The minimum Gasteiger partial charge on any atom is -0.462 e. The molecule has 0 aliphatic rings. The van der Waals surface area contributed by atoms with Gasteiger partial charge in [-0.05, 0) is 103 Å². The van der Waals surface area contributed by atoms with E-state index in [4.69, 9.17) is 18.5 Å². The monoisotopic (exact) mass is 1270 g/mol. The SMILES string of the molecule is CC/C=C\C/C=C\C/C=C\C/C=C\C/C=C\C/C=C\C/C=C\C/C=C\C/C=C\C/C=C\C/C=C\C/C=C\CCCCC(=O)OC(COC(=O)CCCCCCCCCCCCCCCCCCCCCCCCCCCCC)COP(=O)(O)OCC[N+](C)(C)C. The molecular weight excluding hydrogens is 1130 g/mol. The molecule has 0 radical (unpaired) electrons. The van der Waals surface area contributed by atoms with Crippen LogP contribution in [-0.4, -0.2) is 74.9 Å². The summed E-state index contributed by atoms with van der Waals surface area (Å²) in [6.07, 6.45) is 103. The normalized spacial score (nSPS) is 14.0. The molecule has 0 bridgehead atoms. The van der Waals surface area contributed by atoms with Crippen LogP contribution in [0.15, 0.2) is 146 Å². The van der Waals surface area contributed by atoms with Crippen molar-refractivity contribution in [3.05, 3.63) is 146 Å². The van der Waals surface area contributed by atoms with Crippen molar-refractivity contribution in [3.63, 3.8) is 0 Å². The Morgan fingerprint density at radius 1 is 0.356 bits per heavy atom. The molecule has 0 aliphatic heterocycles. The summed E-state index contributed by atoms with van der Waals surface area (Å²) in [5.74, 6) is -0.848. The number of carbonyl (C=O) groups excluding carboxylic acids is 2. The summed E-state index contributed by atoms with van der Waals surface area (Å²) >= 11 is 0. The van der Waals surface area contributed by atoms with Crippen LogP contribution >= 0.6 is 7.82 Å². The van der Waals surface area contributed by atoms with E-state index in [2.05, 4.69) is 160 Å². The molecule has 1 N–H and O–H groups in total. The molecule has 0 aromatic carbocycles. The van der Waals surface area contributed by atoms with Crippen molar-refractivity contribution < 1.29 is 42.1 Å². The van der Waals surface area contributed by atoms with Gasteiger partial charge in [0, 0.05) is 12.8 Å². The lowest BCUT2D eigenvalue weighted by atomic mass is 10.0. The van der Waals surface area contributed by atoms with Gasteiger partial charge in [0.1, 0.15) is 19.8 Å². The molecule has 10 heteroatoms. The maximum atomic E-state index is 12.9. The van der Waals surface area contributed by atoms with Gasteiger partial charge in [-0.25, -0.2) is 4.57 Å². The molecule has 0 saturated carbocycles. The standard InChI is InChI=1S/C80H136NO8P/c1-6-8-10-12-14-16-18-20-22-24-26-28-30-32-34-35-36-37-38-39-40-41-42-43-44-45-47-49-51-53-55-57-59-61-63-65-67-69-71-73-80(83)89-78(77-88-90(84,85)87-75-74-81(3,4)5)76-86-79(82)72-70-68-66-64-62-60-58-56-54-52-50-48-46-33-31-29-27-25-23-21-19-17-15-13-11-9-7-2/h8,10,14,16,20,22,26,28,32,34,36-37,39-40,42-43,45,47,51,53,57,59,63,65,78H,6-7,9,11-13,15,17-19,21,23-25,27,29-31,33,35,38,41,44,46,48-50,52,54-56,58,60-62,64,66-77H2,1-5H3/p+1/b10-8-,16-14-,22-20-,28-26-,34-32-,37-36-,40-39-,43-42-,47-45-,53-51-,59-57-,65-63-. The van der Waals surface area contributed by atoms with E-state index in [0.29, 0.717) is 17.4 Å². The predicted molar refractivity (Wildman–Crippen MR) is 390 cm³/mol. The molecule has 0 heterocycles. The first-order valence-corrected chi connectivity index (χ1v) is 38.1. The van der Waals surface area contributed by atoms with Crippen molar-refractivity contribution in [1.82, 2.24) is 0 Å². The molecule has 0 spiro atoms. The topological polar surface area (TPSA) is 108 Å². The third kappa shape index (κ3) is 72.9. The van der Waals surface area contributed by atoms with Gasteiger partial charge >= 0.3 is 19.8 Å². The Labute approximate surface area is 554 Å². The van der Waals surface area contributed by atoms with Gasteiger partial charge in [0.15, 0.2) is 6.10 Å². The van der Waals surface area contributed by atoms with Gasteiger partial charge in [-0.2, -0.15) is 0 Å². The summed E-state index contributed by atoms with van der Waals surface area (Å²) in [6, 6.07) is 0. The Balaban J connectivity index is 4.17. The van der Waals surface area contributed by atoms with Crippen LogP contribution in [0.2, 0.25) is 0 Å². The van der Waals surface area contributed by atoms with Crippen LogP contribution in [0.5, 0.6) is 0 Å². The van der Waals surface area contributed by atoms with E-state index in [9.17, 15) is 19.0 Å². The van der Waals surface area contributed by atoms with Gasteiger partial charge in [0.05, 0.1) is 27.7 Å². The molecule has 0 aromatic rings. The molecular formula is C80H137NO8P+. The number of carbonyl (C=O) groups is 2. The smallest absolute Gasteiger partial charge is 0.462 e. The Morgan fingerprint density at radius 3 is 0.944 bits per heavy atom. The lowest BCUT2D eigenvalue weighted by Gasteiger charge is -2.24. The maximum absolute atomic E-state index is 12.9. The van der Waals surface area contributed by atoms with Crippen LogP contribution in [-0.2, 0) is 32.7 Å². The molecule has 90 heavy (non-hydrogen) atoms. The van der Waals surface area contributed by atoms with E-state index >= 15 is 0 Å². The molecule has 0 saturated heterocycles. The summed E-state index contributed by atoms with van der Waals surface area (Å²) in [5, 5.41) is 0. The van der Waals surface area contributed by atoms with Crippen LogP contribution < -0.4 is 0 Å². The first kappa shape index (κ1) is 85.9. The van der Waals surface area contributed by atoms with Crippen LogP contribution in [0.1, 0.15) is 296 Å². The van der Waals surface area contributed by atoms with Crippen molar-refractivity contribution in [2.45, 2.75) is 302 Å². The number of quaternary nitrogens is 1. The van der Waals surface area contributed by atoms with Gasteiger partial charge in [-0.15, -0.1) is 0 Å². The van der Waals surface area contributed by atoms with Crippen LogP contribution in [0.25, 0.3) is 0 Å². The highest BCUT2D eigenvalue weighted by atomic mass is 31.2. The fraction of sp³-hybridized carbons (Fsp3) is 0.675. The Morgan fingerprint density at radius 2 is 0.633 bits per heavy atom. The van der Waals surface area contributed by atoms with Crippen LogP contribution in [0, 0.1) is 0 Å². The third-order valence-electron chi connectivity index (χ3n) is 15.4. The fourth-order valence-corrected chi connectivity index (χ4v) is 10.6. The zero-order valence-corrected chi connectivity index (χ0v) is 59.5. The Hall–Kier alpha value is -4.11. The first-order chi connectivity index (χ1) is 44.0. The summed E-state index contributed by atoms with van der Waals surface area (Å²) < 4.78 is 34.7. The average Bonchev–Trinajstić information content (AvgIpc) is 3.58. The molecule has 0 rings (SSSR count). The van der Waals surface area contributed by atoms with E-state index in [-0.39, 0.29) is 32.0 Å². The van der Waals surface area contributed by atoms with E-state index in [1.807, 2.05) is 21.1 Å². The number of hydrogen-bond donors (Lipinski definition) is 1. The van der Waals surface area contributed by atoms with Crippen molar-refractivity contribution >= 4 is 19.8 Å². The third-order valence-corrected chi connectivity index (χ3v) is 16.4. The number of rotatable bonds is 66. The molecule has 0 amide bonds. The highest BCUT2D eigenvalue weighted by Crippen LogP contribution is 2.43. The number of hydrogen-bond acceptors (Lipinski definition) is 7. The largest absolute Gasteiger partial charge is 0.472 e. The highest BCUT2D eigenvalue weighted by Gasteiger charge is 2.27. The number of esters is 2. The highest BCUT2D eigenvalue weighted by molar-refractivity contribution is 7.47. The number of ether oxygens (including phenoxy) is 2. The zero-order valence-electron chi connectivity index (χ0n) is 58.6. The van der Waals surface area contributed by atoms with Gasteiger partial charge < -0.3 is 18.9 Å². The quantitative estimate of drug-likeness (QED) is 0.0211. The summed E-state index contributed by atoms with van der Waals surface area (Å²) in [7, 11) is 1.44. The van der Waals surface area contributed by atoms with Gasteiger partial charge in [-0.1, -0.05) is 327 Å². The summed E-state index contributed by atoms with van der Waals surface area (Å²) in [6.45, 7) is 4.29. The van der Waals surface area contributed by atoms with Crippen molar-refractivity contribution in [3.8, 4) is 0 Å². The Kier molecular flexibility index (Phi) is 66.1. The molecule has 0 fully saturated rings. The molecule has 9 nitrogen and oxygen atoms in total. The van der Waals surface area contributed by atoms with E-state index in [1.54, 1.807) is 0 Å².